The minimum atomic E-state index is -1.67. The highest BCUT2D eigenvalue weighted by Gasteiger charge is 1.95. The second-order valence-corrected chi connectivity index (χ2v) is 2.15. The smallest absolute Gasteiger partial charge is 0.440 e. The Morgan fingerprint density at radius 1 is 1.40 bits per heavy atom. The quantitative estimate of drug-likeness (QED) is 0.442. The molecule has 0 saturated heterocycles. The zero-order valence-electron chi connectivity index (χ0n) is 6.23. The predicted molar refractivity (Wildman–Crippen MR) is 36.6 cm³/mol. The summed E-state index contributed by atoms with van der Waals surface area (Å²) >= 11 is 0. The molecule has 0 spiro atoms. The summed E-state index contributed by atoms with van der Waals surface area (Å²) in [4.78, 5) is 9.59. The van der Waals surface area contributed by atoms with Gasteiger partial charge in [0.25, 0.3) is 0 Å². The van der Waals surface area contributed by atoms with Crippen LogP contribution in [0.4, 0.5) is 9.18 Å². The summed E-state index contributed by atoms with van der Waals surface area (Å²) in [6, 6.07) is 0. The fourth-order valence-electron chi connectivity index (χ4n) is 0.681. The van der Waals surface area contributed by atoms with Crippen molar-refractivity contribution in [1.29, 1.82) is 0 Å². The van der Waals surface area contributed by atoms with Crippen LogP contribution in [0.1, 0.15) is 32.6 Å². The van der Waals surface area contributed by atoms with Gasteiger partial charge in [0.15, 0.2) is 0 Å². The second-order valence-electron chi connectivity index (χ2n) is 2.15. The molecule has 10 heavy (non-hydrogen) atoms. The molecule has 0 amide bonds. The molecular formula is C7H13FO2. The van der Waals surface area contributed by atoms with Crippen LogP contribution in [0.5, 0.6) is 0 Å². The topological polar surface area (TPSA) is 26.3 Å². The highest BCUT2D eigenvalue weighted by Crippen LogP contribution is 1.99. The Kier molecular flexibility index (Phi) is 6.13. The number of hydrogen-bond acceptors (Lipinski definition) is 2. The molecule has 0 heterocycles. The largest absolute Gasteiger partial charge is 0.495 e. The van der Waals surface area contributed by atoms with Crippen molar-refractivity contribution in [2.75, 3.05) is 6.61 Å². The van der Waals surface area contributed by atoms with Gasteiger partial charge >= 0.3 is 6.22 Å². The maximum Gasteiger partial charge on any atom is 0.495 e. The third-order valence-corrected chi connectivity index (χ3v) is 1.21. The summed E-state index contributed by atoms with van der Waals surface area (Å²) in [5.74, 6) is 0. The summed E-state index contributed by atoms with van der Waals surface area (Å²) in [6.45, 7) is 2.30. The van der Waals surface area contributed by atoms with Gasteiger partial charge in [-0.05, 0) is 6.42 Å². The first-order valence-corrected chi connectivity index (χ1v) is 3.59. The fraction of sp³-hybridized carbons (Fsp3) is 0.857. The van der Waals surface area contributed by atoms with Crippen molar-refractivity contribution in [1.82, 2.24) is 0 Å². The summed E-state index contributed by atoms with van der Waals surface area (Å²) in [7, 11) is 0. The van der Waals surface area contributed by atoms with Gasteiger partial charge in [0.1, 0.15) is 0 Å². The third-order valence-electron chi connectivity index (χ3n) is 1.21. The van der Waals surface area contributed by atoms with Gasteiger partial charge in [-0.2, -0.15) is 0 Å². The molecule has 0 saturated carbocycles. The van der Waals surface area contributed by atoms with E-state index in [-0.39, 0.29) is 6.61 Å². The highest BCUT2D eigenvalue weighted by molar-refractivity contribution is 5.57. The van der Waals surface area contributed by atoms with Crippen LogP contribution < -0.4 is 0 Å². The van der Waals surface area contributed by atoms with Crippen LogP contribution in [0.25, 0.3) is 0 Å². The number of halogens is 1. The molecule has 0 radical (unpaired) electrons. The molecule has 0 aliphatic rings. The molecule has 3 heteroatoms. The Balaban J connectivity index is 2.84. The zero-order valence-corrected chi connectivity index (χ0v) is 6.23. The van der Waals surface area contributed by atoms with E-state index in [1.807, 2.05) is 0 Å². The molecule has 0 unspecified atom stereocenters. The number of ether oxygens (including phenoxy) is 1. The van der Waals surface area contributed by atoms with Gasteiger partial charge in [-0.1, -0.05) is 26.2 Å². The van der Waals surface area contributed by atoms with E-state index in [0.717, 1.165) is 25.7 Å². The molecule has 0 aliphatic heterocycles. The first kappa shape index (κ1) is 9.40. The normalized spacial score (nSPS) is 9.40. The molecule has 0 atom stereocenters. The number of rotatable bonds is 5. The molecule has 2 nitrogen and oxygen atoms in total. The minimum Gasteiger partial charge on any atom is -0.440 e. The third kappa shape index (κ3) is 7.40. The lowest BCUT2D eigenvalue weighted by Crippen LogP contribution is -1.96. The second kappa shape index (κ2) is 6.52. The van der Waals surface area contributed by atoms with Gasteiger partial charge in [0.05, 0.1) is 6.61 Å². The minimum absolute atomic E-state index is 0.218. The van der Waals surface area contributed by atoms with Crippen LogP contribution in [-0.2, 0) is 4.74 Å². The van der Waals surface area contributed by atoms with Crippen molar-refractivity contribution in [2.45, 2.75) is 32.6 Å². The number of carbonyl (C=O) groups is 1. The Hall–Kier alpha value is -0.600. The first-order chi connectivity index (χ1) is 4.77. The molecule has 0 aromatic carbocycles. The van der Waals surface area contributed by atoms with Crippen molar-refractivity contribution >= 4 is 6.22 Å². The average Bonchev–Trinajstić information content (AvgIpc) is 1.87. The molecule has 60 valence electrons. The van der Waals surface area contributed by atoms with E-state index in [1.165, 1.54) is 0 Å². The summed E-state index contributed by atoms with van der Waals surface area (Å²) in [5.41, 5.74) is 0. The molecule has 0 rings (SSSR count). The maximum absolute atomic E-state index is 11.3. The molecule has 0 fully saturated rings. The van der Waals surface area contributed by atoms with Crippen LogP contribution >= 0.6 is 0 Å². The van der Waals surface area contributed by atoms with Crippen LogP contribution in [0.15, 0.2) is 0 Å². The Morgan fingerprint density at radius 2 is 2.10 bits per heavy atom. The molecule has 0 aromatic rings. The Bertz CT molecular complexity index is 93.6. The van der Waals surface area contributed by atoms with E-state index < -0.39 is 6.22 Å². The van der Waals surface area contributed by atoms with E-state index >= 15 is 0 Å². The van der Waals surface area contributed by atoms with Crippen molar-refractivity contribution in [2.24, 2.45) is 0 Å². The standard InChI is InChI=1S/C7H13FO2/c1-2-3-4-5-6-10-7(8)9/h2-6H2,1H3. The van der Waals surface area contributed by atoms with Crippen LogP contribution in [0.3, 0.4) is 0 Å². The van der Waals surface area contributed by atoms with Gasteiger partial charge in [0, 0.05) is 0 Å². The number of hydrogen-bond donors (Lipinski definition) is 0. The number of unbranched alkanes of at least 4 members (excludes halogenated alkanes) is 3. The van der Waals surface area contributed by atoms with Gasteiger partial charge in [-0.3, -0.25) is 0 Å². The molecule has 0 aromatic heterocycles. The van der Waals surface area contributed by atoms with Crippen LogP contribution in [0.2, 0.25) is 0 Å². The average molecular weight is 148 g/mol. The van der Waals surface area contributed by atoms with Gasteiger partial charge < -0.3 is 4.74 Å². The zero-order chi connectivity index (χ0) is 7.82. The summed E-state index contributed by atoms with van der Waals surface area (Å²) in [5, 5.41) is 0. The van der Waals surface area contributed by atoms with E-state index in [1.54, 1.807) is 0 Å². The molecule has 0 aliphatic carbocycles. The Morgan fingerprint density at radius 3 is 2.60 bits per heavy atom. The van der Waals surface area contributed by atoms with Crippen molar-refractivity contribution in [3.8, 4) is 0 Å². The molecule has 0 N–H and O–H groups in total. The monoisotopic (exact) mass is 148 g/mol. The van der Waals surface area contributed by atoms with Crippen LogP contribution in [-0.4, -0.2) is 12.8 Å². The van der Waals surface area contributed by atoms with Gasteiger partial charge in [0.2, 0.25) is 0 Å². The SMILES string of the molecule is CCCCCCOC(=O)F. The fourth-order valence-corrected chi connectivity index (χ4v) is 0.681. The first-order valence-electron chi connectivity index (χ1n) is 3.59. The van der Waals surface area contributed by atoms with Crippen molar-refractivity contribution < 1.29 is 13.9 Å². The van der Waals surface area contributed by atoms with Gasteiger partial charge in [-0.25, -0.2) is 4.79 Å². The lowest BCUT2D eigenvalue weighted by molar-refractivity contribution is 0.119. The van der Waals surface area contributed by atoms with E-state index in [4.69, 9.17) is 0 Å². The van der Waals surface area contributed by atoms with E-state index in [9.17, 15) is 9.18 Å². The lowest BCUT2D eigenvalue weighted by atomic mass is 10.2. The van der Waals surface area contributed by atoms with Gasteiger partial charge in [-0.15, -0.1) is 4.39 Å². The maximum atomic E-state index is 11.3. The molecular weight excluding hydrogens is 135 g/mol. The summed E-state index contributed by atoms with van der Waals surface area (Å²) in [6.07, 6.45) is 2.34. The van der Waals surface area contributed by atoms with Crippen LogP contribution in [0, 0.1) is 0 Å². The van der Waals surface area contributed by atoms with E-state index in [2.05, 4.69) is 11.7 Å². The Labute approximate surface area is 60.4 Å². The lowest BCUT2D eigenvalue weighted by Gasteiger charge is -1.97. The van der Waals surface area contributed by atoms with E-state index in [0.29, 0.717) is 0 Å². The van der Waals surface area contributed by atoms with Crippen molar-refractivity contribution in [3.63, 3.8) is 0 Å². The van der Waals surface area contributed by atoms with Crippen molar-refractivity contribution in [3.05, 3.63) is 0 Å². The predicted octanol–water partition coefficient (Wildman–Crippen LogP) is 2.67. The summed E-state index contributed by atoms with van der Waals surface area (Å²) < 4.78 is 15.4. The highest BCUT2D eigenvalue weighted by atomic mass is 19.1. The molecule has 0 bridgehead atoms. The number of carbonyl (C=O) groups excluding carboxylic acids is 1.